The highest BCUT2D eigenvalue weighted by Crippen LogP contribution is 2.47. The Morgan fingerprint density at radius 1 is 1.33 bits per heavy atom. The highest BCUT2D eigenvalue weighted by molar-refractivity contribution is 5.01. The molecule has 12 heavy (non-hydrogen) atoms. The topological polar surface area (TPSA) is 46.0 Å². The summed E-state index contributed by atoms with van der Waals surface area (Å²) in [5, 5.41) is 9.06. The van der Waals surface area contributed by atoms with Crippen LogP contribution in [0.3, 0.4) is 0 Å². The summed E-state index contributed by atoms with van der Waals surface area (Å²) in [7, 11) is 0. The van der Waals surface area contributed by atoms with Crippen molar-refractivity contribution < 1.29 is 5.11 Å². The van der Waals surface area contributed by atoms with Gasteiger partial charge in [-0.2, -0.15) is 0 Å². The molecule has 0 unspecified atom stereocenters. The molecule has 0 radical (unpaired) electrons. The van der Waals surface area contributed by atoms with Crippen LogP contribution in [0.4, 0.5) is 0 Å². The lowest BCUT2D eigenvalue weighted by Gasteiger charge is -2.08. The zero-order valence-corrected chi connectivity index (χ0v) is 6.90. The molecule has 64 valence electrons. The molecule has 1 N–H and O–H groups in total. The zero-order chi connectivity index (χ0) is 8.44. The van der Waals surface area contributed by atoms with Gasteiger partial charge in [-0.1, -0.05) is 0 Å². The number of hydrogen-bond acceptors (Lipinski definition) is 3. The van der Waals surface area contributed by atoms with E-state index in [0.717, 1.165) is 25.1 Å². The van der Waals surface area contributed by atoms with Crippen molar-refractivity contribution in [2.75, 3.05) is 6.61 Å². The van der Waals surface area contributed by atoms with Crippen LogP contribution in [0.2, 0.25) is 0 Å². The fourth-order valence-corrected chi connectivity index (χ4v) is 1.32. The van der Waals surface area contributed by atoms with Crippen LogP contribution in [0.15, 0.2) is 18.5 Å². The first-order chi connectivity index (χ1) is 5.85. The first-order valence-corrected chi connectivity index (χ1v) is 4.21. The summed E-state index contributed by atoms with van der Waals surface area (Å²) in [6.07, 6.45) is 6.54. The SMILES string of the molecule is OCC1(Cc2ncccn2)CC1. The Morgan fingerprint density at radius 2 is 2.00 bits per heavy atom. The third kappa shape index (κ3) is 1.46. The zero-order valence-electron chi connectivity index (χ0n) is 6.90. The van der Waals surface area contributed by atoms with E-state index < -0.39 is 0 Å². The Kier molecular flexibility index (Phi) is 1.81. The minimum Gasteiger partial charge on any atom is -0.396 e. The van der Waals surface area contributed by atoms with Crippen molar-refractivity contribution in [3.8, 4) is 0 Å². The van der Waals surface area contributed by atoms with Crippen LogP contribution >= 0.6 is 0 Å². The van der Waals surface area contributed by atoms with Crippen LogP contribution in [0, 0.1) is 5.41 Å². The van der Waals surface area contributed by atoms with E-state index in [-0.39, 0.29) is 12.0 Å². The third-order valence-corrected chi connectivity index (χ3v) is 2.44. The third-order valence-electron chi connectivity index (χ3n) is 2.44. The van der Waals surface area contributed by atoms with Crippen LogP contribution in [0.25, 0.3) is 0 Å². The molecule has 0 spiro atoms. The molecule has 1 saturated carbocycles. The van der Waals surface area contributed by atoms with Crippen molar-refractivity contribution in [1.29, 1.82) is 0 Å². The number of aliphatic hydroxyl groups is 1. The maximum absolute atomic E-state index is 9.06. The molecule has 1 aliphatic rings. The van der Waals surface area contributed by atoms with Gasteiger partial charge in [0.2, 0.25) is 0 Å². The Morgan fingerprint density at radius 3 is 2.50 bits per heavy atom. The highest BCUT2D eigenvalue weighted by Gasteiger charge is 2.42. The van der Waals surface area contributed by atoms with Crippen molar-refractivity contribution in [2.45, 2.75) is 19.3 Å². The van der Waals surface area contributed by atoms with Crippen LogP contribution < -0.4 is 0 Å². The molecule has 0 amide bonds. The maximum Gasteiger partial charge on any atom is 0.128 e. The summed E-state index contributed by atoms with van der Waals surface area (Å²) >= 11 is 0. The maximum atomic E-state index is 9.06. The lowest BCUT2D eigenvalue weighted by Crippen LogP contribution is -2.12. The minimum absolute atomic E-state index is 0.126. The van der Waals surface area contributed by atoms with Crippen LogP contribution in [0.5, 0.6) is 0 Å². The summed E-state index contributed by atoms with van der Waals surface area (Å²) < 4.78 is 0. The average molecular weight is 164 g/mol. The smallest absolute Gasteiger partial charge is 0.128 e. The van der Waals surface area contributed by atoms with E-state index in [9.17, 15) is 0 Å². The molecule has 1 aromatic heterocycles. The Balaban J connectivity index is 2.04. The van der Waals surface area contributed by atoms with Gasteiger partial charge in [0, 0.05) is 30.8 Å². The van der Waals surface area contributed by atoms with Gasteiger partial charge in [-0.05, 0) is 18.9 Å². The first-order valence-electron chi connectivity index (χ1n) is 4.21. The van der Waals surface area contributed by atoms with E-state index in [2.05, 4.69) is 9.97 Å². The molecule has 2 rings (SSSR count). The van der Waals surface area contributed by atoms with Gasteiger partial charge >= 0.3 is 0 Å². The predicted molar refractivity (Wildman–Crippen MR) is 44.5 cm³/mol. The molecule has 3 nitrogen and oxygen atoms in total. The molecule has 0 aliphatic heterocycles. The monoisotopic (exact) mass is 164 g/mol. The predicted octanol–water partition coefficient (Wildman–Crippen LogP) is 0.792. The minimum atomic E-state index is 0.126. The van der Waals surface area contributed by atoms with E-state index in [1.165, 1.54) is 0 Å². The van der Waals surface area contributed by atoms with Crippen LogP contribution in [-0.2, 0) is 6.42 Å². The van der Waals surface area contributed by atoms with E-state index in [1.54, 1.807) is 12.4 Å². The molecule has 1 fully saturated rings. The summed E-state index contributed by atoms with van der Waals surface area (Å²) in [5.74, 6) is 0.851. The largest absolute Gasteiger partial charge is 0.396 e. The summed E-state index contributed by atoms with van der Waals surface area (Å²) in [5.41, 5.74) is 0.126. The number of aromatic nitrogens is 2. The van der Waals surface area contributed by atoms with Crippen molar-refractivity contribution in [2.24, 2.45) is 5.41 Å². The molecule has 0 atom stereocenters. The second kappa shape index (κ2) is 2.83. The van der Waals surface area contributed by atoms with Gasteiger partial charge in [-0.3, -0.25) is 0 Å². The number of aliphatic hydroxyl groups excluding tert-OH is 1. The van der Waals surface area contributed by atoms with Crippen molar-refractivity contribution in [3.63, 3.8) is 0 Å². The molecule has 0 saturated heterocycles. The molecule has 1 heterocycles. The van der Waals surface area contributed by atoms with Gasteiger partial charge < -0.3 is 5.11 Å². The Bertz CT molecular complexity index is 256. The van der Waals surface area contributed by atoms with Gasteiger partial charge in [0.05, 0.1) is 0 Å². The fraction of sp³-hybridized carbons (Fsp3) is 0.556. The van der Waals surface area contributed by atoms with Crippen molar-refractivity contribution in [3.05, 3.63) is 24.3 Å². The first kappa shape index (κ1) is 7.68. The summed E-state index contributed by atoms with van der Waals surface area (Å²) in [6, 6.07) is 1.81. The standard InChI is InChI=1S/C9H12N2O/c12-7-9(2-3-9)6-8-10-4-1-5-11-8/h1,4-5,12H,2-3,6-7H2. The van der Waals surface area contributed by atoms with E-state index in [0.29, 0.717) is 0 Å². The number of nitrogens with zero attached hydrogens (tertiary/aromatic N) is 2. The summed E-state index contributed by atoms with van der Waals surface area (Å²) in [4.78, 5) is 8.26. The normalized spacial score (nSPS) is 19.1. The molecule has 1 aliphatic carbocycles. The lowest BCUT2D eigenvalue weighted by atomic mass is 10.0. The van der Waals surface area contributed by atoms with Gasteiger partial charge in [0.25, 0.3) is 0 Å². The van der Waals surface area contributed by atoms with E-state index in [4.69, 9.17) is 5.11 Å². The van der Waals surface area contributed by atoms with Gasteiger partial charge in [-0.25, -0.2) is 9.97 Å². The molecule has 1 aromatic rings. The summed E-state index contributed by atoms with van der Waals surface area (Å²) in [6.45, 7) is 0.269. The van der Waals surface area contributed by atoms with Gasteiger partial charge in [-0.15, -0.1) is 0 Å². The molecule has 0 aromatic carbocycles. The Hall–Kier alpha value is -0.960. The number of hydrogen-bond donors (Lipinski definition) is 1. The molecular formula is C9H12N2O. The average Bonchev–Trinajstić information content (AvgIpc) is 2.88. The number of rotatable bonds is 3. The quantitative estimate of drug-likeness (QED) is 0.718. The van der Waals surface area contributed by atoms with Crippen molar-refractivity contribution in [1.82, 2.24) is 9.97 Å². The molecule has 0 bridgehead atoms. The molecular weight excluding hydrogens is 152 g/mol. The second-order valence-electron chi connectivity index (χ2n) is 3.50. The lowest BCUT2D eigenvalue weighted by molar-refractivity contribution is 0.209. The fourth-order valence-electron chi connectivity index (χ4n) is 1.32. The van der Waals surface area contributed by atoms with Crippen molar-refractivity contribution >= 4 is 0 Å². The molecule has 3 heteroatoms. The highest BCUT2D eigenvalue weighted by atomic mass is 16.3. The Labute approximate surface area is 71.5 Å². The second-order valence-corrected chi connectivity index (χ2v) is 3.50. The van der Waals surface area contributed by atoms with Gasteiger partial charge in [0.15, 0.2) is 0 Å². The van der Waals surface area contributed by atoms with Crippen LogP contribution in [-0.4, -0.2) is 21.7 Å². The van der Waals surface area contributed by atoms with E-state index >= 15 is 0 Å². The van der Waals surface area contributed by atoms with Crippen LogP contribution in [0.1, 0.15) is 18.7 Å². The van der Waals surface area contributed by atoms with E-state index in [1.807, 2.05) is 6.07 Å². The van der Waals surface area contributed by atoms with Gasteiger partial charge in [0.1, 0.15) is 5.82 Å².